The van der Waals surface area contributed by atoms with E-state index in [0.717, 1.165) is 53.8 Å². The molecule has 31 heavy (non-hydrogen) atoms. The van der Waals surface area contributed by atoms with Gasteiger partial charge >= 0.3 is 0 Å². The Balaban J connectivity index is 1.33. The molecule has 7 nitrogen and oxygen atoms in total. The van der Waals surface area contributed by atoms with Crippen molar-refractivity contribution in [3.63, 3.8) is 0 Å². The molecule has 0 bridgehead atoms. The fraction of sp³-hybridized carbons (Fsp3) is 0.304. The Morgan fingerprint density at radius 2 is 2.00 bits per heavy atom. The molecule has 1 aliphatic carbocycles. The SMILES string of the molecule is CCNc1n[nH]c2ccc(-c3ccc(NCC4(c5ncccc5F)CCC4)nn3)cc12. The topological polar surface area (TPSA) is 91.4 Å². The monoisotopic (exact) mass is 417 g/mol. The van der Waals surface area contributed by atoms with E-state index in [1.165, 1.54) is 6.07 Å². The van der Waals surface area contributed by atoms with Crippen LogP contribution in [0, 0.1) is 5.82 Å². The quantitative estimate of drug-likeness (QED) is 0.410. The van der Waals surface area contributed by atoms with Crippen molar-refractivity contribution < 1.29 is 4.39 Å². The number of nitrogens with zero attached hydrogens (tertiary/aromatic N) is 4. The summed E-state index contributed by atoms with van der Waals surface area (Å²) in [4.78, 5) is 4.32. The standard InChI is InChI=1S/C23H24FN7/c1-2-25-22-16-13-15(6-7-19(16)29-31-22)18-8-9-20(30-28-18)27-14-23(10-4-11-23)21-17(24)5-3-12-26-21/h3,5-9,12-13H,2,4,10-11,14H2,1H3,(H,27,30)(H2,25,29,31). The largest absolute Gasteiger partial charge is 0.368 e. The summed E-state index contributed by atoms with van der Waals surface area (Å²) in [5.74, 6) is 1.26. The molecule has 158 valence electrons. The fourth-order valence-corrected chi connectivity index (χ4v) is 4.19. The summed E-state index contributed by atoms with van der Waals surface area (Å²) in [5, 5.41) is 23.7. The van der Waals surface area contributed by atoms with Crippen LogP contribution in [0.3, 0.4) is 0 Å². The summed E-state index contributed by atoms with van der Waals surface area (Å²) in [6, 6.07) is 13.0. The lowest BCUT2D eigenvalue weighted by Gasteiger charge is -2.41. The third-order valence-electron chi connectivity index (χ3n) is 6.05. The first-order valence-corrected chi connectivity index (χ1v) is 10.6. The first-order valence-electron chi connectivity index (χ1n) is 10.6. The summed E-state index contributed by atoms with van der Waals surface area (Å²) >= 11 is 0. The number of benzene rings is 1. The molecule has 1 aromatic carbocycles. The molecule has 8 heteroatoms. The summed E-state index contributed by atoms with van der Waals surface area (Å²) in [6.07, 6.45) is 4.57. The Morgan fingerprint density at radius 1 is 1.10 bits per heavy atom. The van der Waals surface area contributed by atoms with Gasteiger partial charge in [-0.15, -0.1) is 10.2 Å². The third kappa shape index (κ3) is 3.58. The maximum absolute atomic E-state index is 14.3. The Kier molecular flexibility index (Phi) is 4.97. The number of hydrogen-bond acceptors (Lipinski definition) is 6. The maximum atomic E-state index is 14.3. The minimum absolute atomic E-state index is 0.239. The zero-order valence-electron chi connectivity index (χ0n) is 17.3. The number of anilines is 2. The molecule has 3 N–H and O–H groups in total. The second-order valence-electron chi connectivity index (χ2n) is 7.99. The zero-order chi connectivity index (χ0) is 21.3. The highest BCUT2D eigenvalue weighted by Crippen LogP contribution is 2.43. The van der Waals surface area contributed by atoms with Gasteiger partial charge in [-0.05, 0) is 56.2 Å². The number of pyridine rings is 1. The maximum Gasteiger partial charge on any atom is 0.155 e. The van der Waals surface area contributed by atoms with Gasteiger partial charge in [0.1, 0.15) is 11.6 Å². The number of rotatable bonds is 7. The second kappa shape index (κ2) is 7.94. The molecule has 4 aromatic rings. The van der Waals surface area contributed by atoms with E-state index in [-0.39, 0.29) is 11.2 Å². The Labute approximate surface area is 179 Å². The predicted molar refractivity (Wildman–Crippen MR) is 119 cm³/mol. The van der Waals surface area contributed by atoms with Gasteiger partial charge in [0, 0.05) is 35.7 Å². The molecular weight excluding hydrogens is 393 g/mol. The Morgan fingerprint density at radius 3 is 2.71 bits per heavy atom. The number of aromatic nitrogens is 5. The minimum Gasteiger partial charge on any atom is -0.368 e. The van der Waals surface area contributed by atoms with E-state index in [0.29, 0.717) is 18.1 Å². The highest BCUT2D eigenvalue weighted by molar-refractivity contribution is 5.92. The lowest BCUT2D eigenvalue weighted by Crippen LogP contribution is -2.42. The summed E-state index contributed by atoms with van der Waals surface area (Å²) in [5.41, 5.74) is 2.99. The molecule has 0 saturated heterocycles. The van der Waals surface area contributed by atoms with Gasteiger partial charge in [0.05, 0.1) is 16.9 Å². The van der Waals surface area contributed by atoms with Crippen LogP contribution in [-0.4, -0.2) is 38.5 Å². The lowest BCUT2D eigenvalue weighted by molar-refractivity contribution is 0.243. The molecular formula is C23H24FN7. The van der Waals surface area contributed by atoms with Gasteiger partial charge in [0.25, 0.3) is 0 Å². The van der Waals surface area contributed by atoms with E-state index >= 15 is 0 Å². The van der Waals surface area contributed by atoms with Gasteiger partial charge in [0.15, 0.2) is 5.82 Å². The van der Waals surface area contributed by atoms with Crippen molar-refractivity contribution in [2.24, 2.45) is 0 Å². The molecule has 3 heterocycles. The van der Waals surface area contributed by atoms with Gasteiger partial charge in [-0.25, -0.2) is 4.39 Å². The van der Waals surface area contributed by atoms with Crippen LogP contribution in [0.5, 0.6) is 0 Å². The van der Waals surface area contributed by atoms with Crippen molar-refractivity contribution in [1.82, 2.24) is 25.4 Å². The molecule has 0 unspecified atom stereocenters. The van der Waals surface area contributed by atoms with Crippen LogP contribution in [0.15, 0.2) is 48.7 Å². The minimum atomic E-state index is -0.277. The highest BCUT2D eigenvalue weighted by Gasteiger charge is 2.41. The number of hydrogen-bond donors (Lipinski definition) is 3. The zero-order valence-corrected chi connectivity index (χ0v) is 17.3. The number of aromatic amines is 1. The third-order valence-corrected chi connectivity index (χ3v) is 6.05. The van der Waals surface area contributed by atoms with E-state index in [9.17, 15) is 4.39 Å². The molecule has 0 aliphatic heterocycles. The van der Waals surface area contributed by atoms with E-state index in [2.05, 4.69) is 42.1 Å². The van der Waals surface area contributed by atoms with Gasteiger partial charge in [-0.1, -0.05) is 12.5 Å². The fourth-order valence-electron chi connectivity index (χ4n) is 4.19. The van der Waals surface area contributed by atoms with Crippen LogP contribution >= 0.6 is 0 Å². The molecule has 3 aromatic heterocycles. The lowest BCUT2D eigenvalue weighted by atomic mass is 9.66. The first-order chi connectivity index (χ1) is 15.2. The van der Waals surface area contributed by atoms with Crippen LogP contribution in [0.1, 0.15) is 31.9 Å². The first kappa shape index (κ1) is 19.4. The molecule has 1 fully saturated rings. The van der Waals surface area contributed by atoms with E-state index < -0.39 is 0 Å². The summed E-state index contributed by atoms with van der Waals surface area (Å²) in [7, 11) is 0. The molecule has 0 amide bonds. The molecule has 5 rings (SSSR count). The normalized spacial score (nSPS) is 14.9. The summed E-state index contributed by atoms with van der Waals surface area (Å²) < 4.78 is 14.3. The average Bonchev–Trinajstić information content (AvgIpc) is 3.17. The van der Waals surface area contributed by atoms with Gasteiger partial charge in [0.2, 0.25) is 0 Å². The average molecular weight is 417 g/mol. The van der Waals surface area contributed by atoms with Crippen LogP contribution < -0.4 is 10.6 Å². The molecule has 0 atom stereocenters. The molecule has 0 spiro atoms. The predicted octanol–water partition coefficient (Wildman–Crippen LogP) is 4.52. The second-order valence-corrected chi connectivity index (χ2v) is 7.99. The van der Waals surface area contributed by atoms with Crippen molar-refractivity contribution in [2.45, 2.75) is 31.6 Å². The number of nitrogens with one attached hydrogen (secondary N) is 3. The molecule has 0 radical (unpaired) electrons. The van der Waals surface area contributed by atoms with Crippen molar-refractivity contribution in [2.75, 3.05) is 23.7 Å². The Bertz CT molecular complexity index is 1200. The van der Waals surface area contributed by atoms with Gasteiger partial charge < -0.3 is 10.6 Å². The van der Waals surface area contributed by atoms with E-state index in [1.54, 1.807) is 12.3 Å². The summed E-state index contributed by atoms with van der Waals surface area (Å²) in [6.45, 7) is 3.42. The van der Waals surface area contributed by atoms with E-state index in [1.807, 2.05) is 31.2 Å². The van der Waals surface area contributed by atoms with Crippen LogP contribution in [0.4, 0.5) is 16.0 Å². The van der Waals surface area contributed by atoms with Crippen LogP contribution in [0.25, 0.3) is 22.2 Å². The smallest absolute Gasteiger partial charge is 0.155 e. The Hall–Kier alpha value is -3.55. The van der Waals surface area contributed by atoms with Gasteiger partial charge in [-0.3, -0.25) is 10.1 Å². The van der Waals surface area contributed by atoms with Crippen LogP contribution in [0.2, 0.25) is 0 Å². The highest BCUT2D eigenvalue weighted by atomic mass is 19.1. The number of H-pyrrole nitrogens is 1. The molecule has 1 saturated carbocycles. The van der Waals surface area contributed by atoms with Crippen molar-refractivity contribution in [1.29, 1.82) is 0 Å². The number of halogens is 1. The number of fused-ring (bicyclic) bond motifs is 1. The van der Waals surface area contributed by atoms with Gasteiger partial charge in [-0.2, -0.15) is 5.10 Å². The van der Waals surface area contributed by atoms with E-state index in [4.69, 9.17) is 0 Å². The van der Waals surface area contributed by atoms with Crippen LogP contribution in [-0.2, 0) is 5.41 Å². The molecule has 1 aliphatic rings. The van der Waals surface area contributed by atoms with Crippen molar-refractivity contribution >= 4 is 22.5 Å². The van der Waals surface area contributed by atoms with Crippen molar-refractivity contribution in [3.8, 4) is 11.3 Å². The van der Waals surface area contributed by atoms with Crippen molar-refractivity contribution in [3.05, 3.63) is 60.2 Å².